The van der Waals surface area contributed by atoms with E-state index >= 15 is 0 Å². The number of nitrogens with one attached hydrogen (secondary N) is 1. The van der Waals surface area contributed by atoms with Crippen molar-refractivity contribution < 1.29 is 39.5 Å². The molecule has 1 amide bonds. The fourth-order valence-corrected chi connectivity index (χ4v) is 4.44. The molecule has 10 nitrogen and oxygen atoms in total. The van der Waals surface area contributed by atoms with Crippen molar-refractivity contribution in [2.75, 3.05) is 20.3 Å². The molecule has 0 radical (unpaired) electrons. The second kappa shape index (κ2) is 10.5. The van der Waals surface area contributed by atoms with Gasteiger partial charge in [-0.3, -0.25) is 4.79 Å². The lowest BCUT2D eigenvalue weighted by atomic mass is 9.89. The molecular formula is C19H28N2O8S. The monoisotopic (exact) mass is 444 g/mol. The first-order valence-electron chi connectivity index (χ1n) is 9.33. The van der Waals surface area contributed by atoms with Gasteiger partial charge in [0.2, 0.25) is 10.8 Å². The predicted molar refractivity (Wildman–Crippen MR) is 107 cm³/mol. The van der Waals surface area contributed by atoms with Crippen LogP contribution >= 0.6 is 11.8 Å². The number of hydrogen-bond acceptors (Lipinski definition) is 10. The Labute approximate surface area is 178 Å². The van der Waals surface area contributed by atoms with Gasteiger partial charge in [0, 0.05) is 17.9 Å². The Balaban J connectivity index is 2.44. The molecule has 30 heavy (non-hydrogen) atoms. The van der Waals surface area contributed by atoms with E-state index < -0.39 is 53.9 Å². The van der Waals surface area contributed by atoms with E-state index in [0.29, 0.717) is 4.90 Å². The van der Waals surface area contributed by atoms with E-state index in [4.69, 9.17) is 20.3 Å². The average Bonchev–Trinajstić information content (AvgIpc) is 2.75. The van der Waals surface area contributed by atoms with Gasteiger partial charge in [0.15, 0.2) is 0 Å². The highest BCUT2D eigenvalue weighted by Crippen LogP contribution is 2.44. The van der Waals surface area contributed by atoms with Crippen LogP contribution in [0.5, 0.6) is 0 Å². The molecule has 1 heterocycles. The zero-order chi connectivity index (χ0) is 22.5. The standard InChI is InChI=1S/C19H28N2O8S/c1-10-3-5-11(6-4-10)30-19(18(27)28-2)7-12(23)15(21-14(25)9-22)17(29-19)16(26)13(24)8-20/h3-6,12-13,15-17,22-24,26H,7-9,20H2,1-2H3,(H,21,25)/t12-,13+,15+,16+,17+,19-/m0/s1. The molecular weight excluding hydrogens is 416 g/mol. The first-order valence-corrected chi connectivity index (χ1v) is 10.2. The highest BCUT2D eigenvalue weighted by atomic mass is 32.2. The summed E-state index contributed by atoms with van der Waals surface area (Å²) in [5.74, 6) is -1.63. The lowest BCUT2D eigenvalue weighted by Crippen LogP contribution is -2.67. The molecule has 1 aromatic rings. The van der Waals surface area contributed by atoms with E-state index in [1.807, 2.05) is 19.1 Å². The van der Waals surface area contributed by atoms with E-state index in [-0.39, 0.29) is 13.0 Å². The van der Waals surface area contributed by atoms with Gasteiger partial charge in [0.05, 0.1) is 25.4 Å². The number of ether oxygens (including phenoxy) is 2. The maximum absolute atomic E-state index is 12.7. The number of carbonyl (C=O) groups excluding carboxylic acids is 2. The fraction of sp³-hybridized carbons (Fsp3) is 0.579. The quantitative estimate of drug-likeness (QED) is 0.253. The second-order valence-electron chi connectivity index (χ2n) is 7.06. The molecule has 168 valence electrons. The van der Waals surface area contributed by atoms with Gasteiger partial charge in [-0.2, -0.15) is 0 Å². The number of aliphatic hydroxyl groups is 4. The van der Waals surface area contributed by atoms with Crippen LogP contribution in [0.2, 0.25) is 0 Å². The molecule has 0 aromatic heterocycles. The minimum absolute atomic E-state index is 0.281. The number of methoxy groups -OCH3 is 1. The summed E-state index contributed by atoms with van der Waals surface area (Å²) in [4.78, 5) is 23.3. The highest BCUT2D eigenvalue weighted by Gasteiger charge is 2.55. The van der Waals surface area contributed by atoms with Gasteiger partial charge >= 0.3 is 5.97 Å². The number of esters is 1. The van der Waals surface area contributed by atoms with Gasteiger partial charge in [0.25, 0.3) is 0 Å². The van der Waals surface area contributed by atoms with Gasteiger partial charge in [-0.25, -0.2) is 4.79 Å². The molecule has 11 heteroatoms. The van der Waals surface area contributed by atoms with Crippen LogP contribution in [0.3, 0.4) is 0 Å². The normalized spacial score (nSPS) is 28.4. The molecule has 0 unspecified atom stereocenters. The molecule has 6 atom stereocenters. The molecule has 7 N–H and O–H groups in total. The summed E-state index contributed by atoms with van der Waals surface area (Å²) in [6.45, 7) is 0.722. The van der Waals surface area contributed by atoms with Crippen LogP contribution in [-0.4, -0.2) is 88.0 Å². The smallest absolute Gasteiger partial charge is 0.349 e. The van der Waals surface area contributed by atoms with Crippen LogP contribution in [0.1, 0.15) is 12.0 Å². The SMILES string of the molecule is COC(=O)[C@@]1(Sc2ccc(C)cc2)C[C@H](O)[C@@H](NC(=O)CO)[C@H]([C@H](O)[C@H](O)CN)O1. The van der Waals surface area contributed by atoms with Crippen molar-refractivity contribution in [3.63, 3.8) is 0 Å². The number of aliphatic hydroxyl groups excluding tert-OH is 4. The zero-order valence-corrected chi connectivity index (χ0v) is 17.5. The Bertz CT molecular complexity index is 734. The van der Waals surface area contributed by atoms with Crippen LogP contribution in [-0.2, 0) is 19.1 Å². The highest BCUT2D eigenvalue weighted by molar-refractivity contribution is 8.01. The molecule has 1 aromatic carbocycles. The van der Waals surface area contributed by atoms with Crippen LogP contribution < -0.4 is 11.1 Å². The van der Waals surface area contributed by atoms with Crippen molar-refractivity contribution in [3.05, 3.63) is 29.8 Å². The average molecular weight is 445 g/mol. The first-order chi connectivity index (χ1) is 14.2. The van der Waals surface area contributed by atoms with Gasteiger partial charge in [-0.05, 0) is 19.1 Å². The number of thioether (sulfide) groups is 1. The maximum Gasteiger partial charge on any atom is 0.349 e. The fourth-order valence-electron chi connectivity index (χ4n) is 3.20. The summed E-state index contributed by atoms with van der Waals surface area (Å²) >= 11 is 0.981. The minimum Gasteiger partial charge on any atom is -0.466 e. The zero-order valence-electron chi connectivity index (χ0n) is 16.7. The van der Waals surface area contributed by atoms with Gasteiger partial charge < -0.3 is 41.0 Å². The van der Waals surface area contributed by atoms with Crippen LogP contribution in [0.4, 0.5) is 0 Å². The largest absolute Gasteiger partial charge is 0.466 e. The van der Waals surface area contributed by atoms with E-state index in [0.717, 1.165) is 24.4 Å². The van der Waals surface area contributed by atoms with Gasteiger partial charge in [0.1, 0.15) is 18.8 Å². The van der Waals surface area contributed by atoms with Gasteiger partial charge in [-0.15, -0.1) is 0 Å². The van der Waals surface area contributed by atoms with Crippen molar-refractivity contribution in [2.24, 2.45) is 5.73 Å². The molecule has 0 spiro atoms. The molecule has 1 fully saturated rings. The van der Waals surface area contributed by atoms with Crippen molar-refractivity contribution >= 4 is 23.6 Å². The van der Waals surface area contributed by atoms with Crippen molar-refractivity contribution in [2.45, 2.75) is 53.6 Å². The minimum atomic E-state index is -1.76. The molecule has 2 rings (SSSR count). The summed E-state index contributed by atoms with van der Waals surface area (Å²) in [6, 6.07) is 5.99. The molecule has 1 saturated heterocycles. The lowest BCUT2D eigenvalue weighted by molar-refractivity contribution is -0.204. The van der Waals surface area contributed by atoms with E-state index in [1.54, 1.807) is 12.1 Å². The molecule has 0 bridgehead atoms. The third-order valence-electron chi connectivity index (χ3n) is 4.82. The summed E-state index contributed by atoms with van der Waals surface area (Å²) < 4.78 is 10.8. The Kier molecular flexibility index (Phi) is 8.62. The first kappa shape index (κ1) is 24.5. The van der Waals surface area contributed by atoms with Crippen molar-refractivity contribution in [3.8, 4) is 0 Å². The van der Waals surface area contributed by atoms with Crippen LogP contribution in [0.15, 0.2) is 29.2 Å². The third kappa shape index (κ3) is 5.49. The Morgan fingerprint density at radius 2 is 2.00 bits per heavy atom. The van der Waals surface area contributed by atoms with Crippen LogP contribution in [0, 0.1) is 6.92 Å². The van der Waals surface area contributed by atoms with Crippen LogP contribution in [0.25, 0.3) is 0 Å². The topological polar surface area (TPSA) is 172 Å². The Hall–Kier alpha value is -1.73. The summed E-state index contributed by atoms with van der Waals surface area (Å²) in [5, 5.41) is 42.8. The predicted octanol–water partition coefficient (Wildman–Crippen LogP) is -1.74. The molecule has 1 aliphatic rings. The number of amides is 1. The molecule has 0 aliphatic carbocycles. The van der Waals surface area contributed by atoms with E-state index in [1.165, 1.54) is 0 Å². The number of hydrogen-bond donors (Lipinski definition) is 6. The number of benzene rings is 1. The molecule has 1 aliphatic heterocycles. The maximum atomic E-state index is 12.7. The van der Waals surface area contributed by atoms with E-state index in [9.17, 15) is 24.9 Å². The van der Waals surface area contributed by atoms with Crippen molar-refractivity contribution in [1.82, 2.24) is 5.32 Å². The number of aryl methyl sites for hydroxylation is 1. The Morgan fingerprint density at radius 1 is 1.37 bits per heavy atom. The Morgan fingerprint density at radius 3 is 2.53 bits per heavy atom. The number of rotatable bonds is 8. The van der Waals surface area contributed by atoms with Crippen molar-refractivity contribution in [1.29, 1.82) is 0 Å². The second-order valence-corrected chi connectivity index (χ2v) is 8.39. The summed E-state index contributed by atoms with van der Waals surface area (Å²) in [6.07, 6.45) is -6.16. The summed E-state index contributed by atoms with van der Waals surface area (Å²) in [7, 11) is 1.16. The number of nitrogens with two attached hydrogens (primary N) is 1. The molecule has 0 saturated carbocycles. The summed E-state index contributed by atoms with van der Waals surface area (Å²) in [5.41, 5.74) is 6.43. The van der Waals surface area contributed by atoms with Gasteiger partial charge in [-0.1, -0.05) is 29.5 Å². The lowest BCUT2D eigenvalue weighted by Gasteiger charge is -2.47. The third-order valence-corrected chi connectivity index (χ3v) is 6.08. The number of carbonyl (C=O) groups is 2. The van der Waals surface area contributed by atoms with E-state index in [2.05, 4.69) is 5.32 Å².